The van der Waals surface area contributed by atoms with Crippen LogP contribution >= 0.6 is 0 Å². The predicted octanol–water partition coefficient (Wildman–Crippen LogP) is 2.27. The summed E-state index contributed by atoms with van der Waals surface area (Å²) in [5.41, 5.74) is 5.83. The SMILES string of the molecule is CC(C)(C)OC(=O)N=C(Cc1ccc(N)cc1)C(=O)O. The predicted molar refractivity (Wildman–Crippen MR) is 75.9 cm³/mol. The third-order valence-corrected chi connectivity index (χ3v) is 2.22. The minimum atomic E-state index is -1.26. The summed E-state index contributed by atoms with van der Waals surface area (Å²) >= 11 is 0. The second-order valence-corrected chi connectivity index (χ2v) is 5.26. The van der Waals surface area contributed by atoms with Gasteiger partial charge in [-0.3, -0.25) is 0 Å². The Kier molecular flexibility index (Phi) is 4.85. The largest absolute Gasteiger partial charge is 0.477 e. The van der Waals surface area contributed by atoms with Gasteiger partial charge >= 0.3 is 12.1 Å². The molecule has 6 nitrogen and oxygen atoms in total. The number of carboxylic acids is 1. The average molecular weight is 278 g/mol. The smallest absolute Gasteiger partial charge is 0.434 e. The van der Waals surface area contributed by atoms with E-state index >= 15 is 0 Å². The van der Waals surface area contributed by atoms with Crippen molar-refractivity contribution in [3.8, 4) is 0 Å². The molecule has 0 aromatic heterocycles. The summed E-state index contributed by atoms with van der Waals surface area (Å²) in [6, 6.07) is 6.68. The van der Waals surface area contributed by atoms with Crippen molar-refractivity contribution in [3.05, 3.63) is 29.8 Å². The number of nitrogens with zero attached hydrogens (tertiary/aromatic N) is 1. The second kappa shape index (κ2) is 6.18. The molecule has 6 heteroatoms. The zero-order valence-electron chi connectivity index (χ0n) is 11.7. The molecule has 0 bridgehead atoms. The van der Waals surface area contributed by atoms with Gasteiger partial charge in [-0.25, -0.2) is 9.59 Å². The molecular weight excluding hydrogens is 260 g/mol. The summed E-state index contributed by atoms with van der Waals surface area (Å²) in [7, 11) is 0. The minimum Gasteiger partial charge on any atom is -0.477 e. The molecule has 0 saturated carbocycles. The molecule has 1 rings (SSSR count). The van der Waals surface area contributed by atoms with Crippen LogP contribution in [-0.2, 0) is 16.0 Å². The number of nitrogens with two attached hydrogens (primary N) is 1. The van der Waals surface area contributed by atoms with E-state index in [9.17, 15) is 9.59 Å². The normalized spacial score (nSPS) is 12.1. The van der Waals surface area contributed by atoms with Crippen LogP contribution in [0, 0.1) is 0 Å². The molecule has 20 heavy (non-hydrogen) atoms. The van der Waals surface area contributed by atoms with Gasteiger partial charge in [0.1, 0.15) is 11.3 Å². The van der Waals surface area contributed by atoms with Crippen molar-refractivity contribution in [2.24, 2.45) is 4.99 Å². The Bertz CT molecular complexity index is 527. The first kappa shape index (κ1) is 15.7. The van der Waals surface area contributed by atoms with E-state index in [1.165, 1.54) is 0 Å². The maximum atomic E-state index is 11.5. The van der Waals surface area contributed by atoms with Gasteiger partial charge in [0, 0.05) is 12.1 Å². The van der Waals surface area contributed by atoms with Crippen LogP contribution in [0.3, 0.4) is 0 Å². The number of hydrogen-bond donors (Lipinski definition) is 2. The van der Waals surface area contributed by atoms with E-state index in [1.54, 1.807) is 45.0 Å². The molecule has 0 aliphatic rings. The molecule has 0 aliphatic heterocycles. The number of carbonyl (C=O) groups is 2. The number of nitrogen functional groups attached to an aromatic ring is 1. The molecule has 1 aromatic rings. The molecule has 3 N–H and O–H groups in total. The van der Waals surface area contributed by atoms with Crippen molar-refractivity contribution < 1.29 is 19.4 Å². The van der Waals surface area contributed by atoms with Crippen LogP contribution in [-0.4, -0.2) is 28.5 Å². The Hall–Kier alpha value is -2.37. The highest BCUT2D eigenvalue weighted by molar-refractivity contribution is 6.37. The van der Waals surface area contributed by atoms with Crippen LogP contribution in [0.4, 0.5) is 10.5 Å². The Morgan fingerprint density at radius 3 is 2.25 bits per heavy atom. The molecule has 0 fully saturated rings. The third kappa shape index (κ3) is 5.51. The lowest BCUT2D eigenvalue weighted by molar-refractivity contribution is -0.129. The van der Waals surface area contributed by atoms with Crippen molar-refractivity contribution in [2.75, 3.05) is 5.73 Å². The number of amides is 1. The van der Waals surface area contributed by atoms with Gasteiger partial charge in [-0.15, -0.1) is 0 Å². The van der Waals surface area contributed by atoms with Crippen LogP contribution in [0.2, 0.25) is 0 Å². The monoisotopic (exact) mass is 278 g/mol. The number of carbonyl (C=O) groups excluding carboxylic acids is 1. The molecular formula is C14H18N2O4. The Balaban J connectivity index is 2.86. The number of benzene rings is 1. The molecule has 0 spiro atoms. The van der Waals surface area contributed by atoms with Gasteiger partial charge in [-0.05, 0) is 38.5 Å². The van der Waals surface area contributed by atoms with Crippen molar-refractivity contribution in [1.82, 2.24) is 0 Å². The number of aliphatic imine (C=N–C) groups is 1. The van der Waals surface area contributed by atoms with Crippen LogP contribution in [0.15, 0.2) is 29.3 Å². The molecule has 0 heterocycles. The molecule has 0 atom stereocenters. The summed E-state index contributed by atoms with van der Waals surface area (Å²) in [6.45, 7) is 5.04. The third-order valence-electron chi connectivity index (χ3n) is 2.22. The summed E-state index contributed by atoms with van der Waals surface area (Å²) < 4.78 is 4.97. The minimum absolute atomic E-state index is 0.0227. The van der Waals surface area contributed by atoms with Gasteiger partial charge in [0.15, 0.2) is 0 Å². The molecule has 0 saturated heterocycles. The fraction of sp³-hybridized carbons (Fsp3) is 0.357. The van der Waals surface area contributed by atoms with Crippen molar-refractivity contribution in [2.45, 2.75) is 32.8 Å². The number of aliphatic carboxylic acids is 1. The zero-order chi connectivity index (χ0) is 15.3. The molecule has 1 aromatic carbocycles. The van der Waals surface area contributed by atoms with E-state index in [0.717, 1.165) is 0 Å². The lowest BCUT2D eigenvalue weighted by atomic mass is 10.1. The number of rotatable bonds is 3. The first-order valence-corrected chi connectivity index (χ1v) is 6.05. The van der Waals surface area contributed by atoms with Gasteiger partial charge in [-0.2, -0.15) is 4.99 Å². The van der Waals surface area contributed by atoms with Gasteiger partial charge in [0.05, 0.1) is 0 Å². The van der Waals surface area contributed by atoms with E-state index < -0.39 is 17.7 Å². The van der Waals surface area contributed by atoms with Gasteiger partial charge < -0.3 is 15.6 Å². The first-order chi connectivity index (χ1) is 9.17. The molecule has 108 valence electrons. The summed E-state index contributed by atoms with van der Waals surface area (Å²) in [5.74, 6) is -1.26. The average Bonchev–Trinajstić information content (AvgIpc) is 2.28. The summed E-state index contributed by atoms with van der Waals surface area (Å²) in [6.07, 6.45) is -0.889. The number of anilines is 1. The van der Waals surface area contributed by atoms with E-state index in [2.05, 4.69) is 4.99 Å². The Morgan fingerprint density at radius 1 is 1.25 bits per heavy atom. The van der Waals surface area contributed by atoms with E-state index in [4.69, 9.17) is 15.6 Å². The molecule has 0 radical (unpaired) electrons. The maximum Gasteiger partial charge on any atom is 0.434 e. The lowest BCUT2D eigenvalue weighted by Crippen LogP contribution is -2.24. The maximum absolute atomic E-state index is 11.5. The quantitative estimate of drug-likeness (QED) is 0.652. The highest BCUT2D eigenvalue weighted by atomic mass is 16.6. The van der Waals surface area contributed by atoms with Crippen molar-refractivity contribution in [3.63, 3.8) is 0 Å². The van der Waals surface area contributed by atoms with Gasteiger partial charge in [-0.1, -0.05) is 12.1 Å². The van der Waals surface area contributed by atoms with Crippen LogP contribution in [0.25, 0.3) is 0 Å². The first-order valence-electron chi connectivity index (χ1n) is 6.05. The highest BCUT2D eigenvalue weighted by Crippen LogP contribution is 2.10. The Labute approximate surface area is 117 Å². The number of carboxylic acid groups (broad SMARTS) is 1. The van der Waals surface area contributed by atoms with Crippen LogP contribution < -0.4 is 5.73 Å². The zero-order valence-corrected chi connectivity index (χ0v) is 11.7. The van der Waals surface area contributed by atoms with E-state index in [-0.39, 0.29) is 12.1 Å². The van der Waals surface area contributed by atoms with Crippen molar-refractivity contribution >= 4 is 23.5 Å². The van der Waals surface area contributed by atoms with Crippen molar-refractivity contribution in [1.29, 1.82) is 0 Å². The van der Waals surface area contributed by atoms with E-state index in [0.29, 0.717) is 11.3 Å². The van der Waals surface area contributed by atoms with E-state index in [1.807, 2.05) is 0 Å². The summed E-state index contributed by atoms with van der Waals surface area (Å²) in [5, 5.41) is 9.07. The molecule has 1 amide bonds. The standard InChI is InChI=1S/C14H18N2O4/c1-14(2,3)20-13(19)16-11(12(17)18)8-9-4-6-10(15)7-5-9/h4-7H,8,15H2,1-3H3,(H,17,18). The molecule has 0 unspecified atom stereocenters. The topological polar surface area (TPSA) is 102 Å². The fourth-order valence-electron chi connectivity index (χ4n) is 1.39. The lowest BCUT2D eigenvalue weighted by Gasteiger charge is -2.17. The van der Waals surface area contributed by atoms with Gasteiger partial charge in [0.25, 0.3) is 0 Å². The highest BCUT2D eigenvalue weighted by Gasteiger charge is 2.18. The molecule has 0 aliphatic carbocycles. The van der Waals surface area contributed by atoms with Crippen LogP contribution in [0.1, 0.15) is 26.3 Å². The number of ether oxygens (including phenoxy) is 1. The van der Waals surface area contributed by atoms with Crippen LogP contribution in [0.5, 0.6) is 0 Å². The Morgan fingerprint density at radius 2 is 1.80 bits per heavy atom. The number of hydrogen-bond acceptors (Lipinski definition) is 4. The fourth-order valence-corrected chi connectivity index (χ4v) is 1.39. The summed E-state index contributed by atoms with van der Waals surface area (Å²) in [4.78, 5) is 26.1. The van der Waals surface area contributed by atoms with Gasteiger partial charge in [0.2, 0.25) is 0 Å². The second-order valence-electron chi connectivity index (χ2n) is 5.26.